The molecule has 0 radical (unpaired) electrons. The highest BCUT2D eigenvalue weighted by molar-refractivity contribution is 6.32. The summed E-state index contributed by atoms with van der Waals surface area (Å²) in [6.45, 7) is 2.83. The van der Waals surface area contributed by atoms with Crippen molar-refractivity contribution in [2.45, 2.75) is 25.9 Å². The van der Waals surface area contributed by atoms with E-state index < -0.39 is 4.92 Å². The zero-order valence-electron chi connectivity index (χ0n) is 10.5. The van der Waals surface area contributed by atoms with Crippen LogP contribution < -0.4 is 10.1 Å². The van der Waals surface area contributed by atoms with E-state index in [4.69, 9.17) is 16.3 Å². The summed E-state index contributed by atoms with van der Waals surface area (Å²) >= 11 is 5.97. The molecule has 1 unspecified atom stereocenters. The monoisotopic (exact) mass is 272 g/mol. The molecule has 1 aromatic carbocycles. The minimum Gasteiger partial charge on any atom is -0.489 e. The van der Waals surface area contributed by atoms with Crippen molar-refractivity contribution < 1.29 is 9.66 Å². The van der Waals surface area contributed by atoms with E-state index in [1.165, 1.54) is 18.2 Å². The first kappa shape index (κ1) is 14.7. The topological polar surface area (TPSA) is 64.4 Å². The molecule has 0 heterocycles. The van der Waals surface area contributed by atoms with Crippen LogP contribution in [0.2, 0.25) is 5.02 Å². The van der Waals surface area contributed by atoms with Crippen molar-refractivity contribution in [3.05, 3.63) is 33.3 Å². The molecule has 1 aromatic rings. The Bertz CT molecular complexity index is 412. The third-order valence-corrected chi connectivity index (χ3v) is 2.90. The van der Waals surface area contributed by atoms with Crippen molar-refractivity contribution in [3.8, 4) is 5.75 Å². The molecule has 1 rings (SSSR count). The first-order chi connectivity index (χ1) is 8.58. The van der Waals surface area contributed by atoms with Crippen LogP contribution in [0.5, 0.6) is 5.75 Å². The van der Waals surface area contributed by atoms with E-state index in [1.807, 2.05) is 14.0 Å². The zero-order valence-corrected chi connectivity index (χ0v) is 11.2. The molecular formula is C12H17ClN2O3. The van der Waals surface area contributed by atoms with Crippen LogP contribution in [0.15, 0.2) is 18.2 Å². The highest BCUT2D eigenvalue weighted by atomic mass is 35.5. The van der Waals surface area contributed by atoms with Crippen molar-refractivity contribution in [1.29, 1.82) is 0 Å². The maximum absolute atomic E-state index is 10.7. The van der Waals surface area contributed by atoms with Gasteiger partial charge >= 0.3 is 0 Å². The number of rotatable bonds is 7. The molecule has 100 valence electrons. The number of non-ortho nitro benzene ring substituents is 1. The van der Waals surface area contributed by atoms with Gasteiger partial charge in [-0.15, -0.1) is 0 Å². The number of hydrogen-bond donors (Lipinski definition) is 1. The lowest BCUT2D eigenvalue weighted by Crippen LogP contribution is -2.21. The van der Waals surface area contributed by atoms with Gasteiger partial charge < -0.3 is 10.1 Å². The largest absolute Gasteiger partial charge is 0.489 e. The van der Waals surface area contributed by atoms with Crippen LogP contribution in [0.3, 0.4) is 0 Å². The van der Waals surface area contributed by atoms with Crippen molar-refractivity contribution in [1.82, 2.24) is 5.32 Å². The summed E-state index contributed by atoms with van der Waals surface area (Å²) in [6, 6.07) is 4.22. The molecule has 1 N–H and O–H groups in total. The second-order valence-electron chi connectivity index (χ2n) is 3.91. The summed E-state index contributed by atoms with van der Waals surface area (Å²) in [4.78, 5) is 10.2. The number of benzene rings is 1. The van der Waals surface area contributed by atoms with Crippen LogP contribution in [0.1, 0.15) is 19.8 Å². The minimum absolute atomic E-state index is 0.00282. The quantitative estimate of drug-likeness (QED) is 0.612. The number of nitrogens with one attached hydrogen (secondary N) is 1. The Labute approximate surface area is 111 Å². The first-order valence-electron chi connectivity index (χ1n) is 5.83. The number of nitrogens with zero attached hydrogens (tertiary/aromatic N) is 1. The molecule has 0 bridgehead atoms. The molecule has 0 aliphatic heterocycles. The molecule has 0 saturated heterocycles. The van der Waals surface area contributed by atoms with E-state index in [9.17, 15) is 10.1 Å². The van der Waals surface area contributed by atoms with Crippen molar-refractivity contribution in [2.75, 3.05) is 13.6 Å². The Morgan fingerprint density at radius 2 is 2.28 bits per heavy atom. The van der Waals surface area contributed by atoms with E-state index in [-0.39, 0.29) is 11.8 Å². The number of ether oxygens (including phenoxy) is 1. The zero-order chi connectivity index (χ0) is 13.5. The lowest BCUT2D eigenvalue weighted by molar-refractivity contribution is -0.384. The molecule has 5 nitrogen and oxygen atoms in total. The second kappa shape index (κ2) is 7.18. The van der Waals surface area contributed by atoms with Gasteiger partial charge in [0, 0.05) is 6.07 Å². The summed E-state index contributed by atoms with van der Waals surface area (Å²) in [6.07, 6.45) is 1.64. The van der Waals surface area contributed by atoms with E-state index >= 15 is 0 Å². The van der Waals surface area contributed by atoms with E-state index in [0.29, 0.717) is 10.8 Å². The van der Waals surface area contributed by atoms with Gasteiger partial charge in [-0.25, -0.2) is 0 Å². The van der Waals surface area contributed by atoms with Crippen LogP contribution in [-0.4, -0.2) is 24.6 Å². The Morgan fingerprint density at radius 3 is 2.83 bits per heavy atom. The molecule has 6 heteroatoms. The summed E-state index contributed by atoms with van der Waals surface area (Å²) in [7, 11) is 1.87. The molecule has 0 spiro atoms. The molecule has 0 fully saturated rings. The van der Waals surface area contributed by atoms with E-state index in [0.717, 1.165) is 19.4 Å². The maximum atomic E-state index is 10.7. The molecule has 18 heavy (non-hydrogen) atoms. The van der Waals surface area contributed by atoms with Gasteiger partial charge in [-0.3, -0.25) is 10.1 Å². The smallest absolute Gasteiger partial charge is 0.273 e. The van der Waals surface area contributed by atoms with Gasteiger partial charge in [0.15, 0.2) is 0 Å². The van der Waals surface area contributed by atoms with Crippen LogP contribution in [-0.2, 0) is 0 Å². The minimum atomic E-state index is -0.461. The molecule has 0 amide bonds. The summed E-state index contributed by atoms with van der Waals surface area (Å²) in [5.41, 5.74) is -0.0159. The molecule has 1 atom stereocenters. The molecular weight excluding hydrogens is 256 g/mol. The Morgan fingerprint density at radius 1 is 1.56 bits per heavy atom. The number of halogens is 1. The van der Waals surface area contributed by atoms with Gasteiger partial charge in [-0.2, -0.15) is 0 Å². The fourth-order valence-electron chi connectivity index (χ4n) is 1.53. The highest BCUT2D eigenvalue weighted by Crippen LogP contribution is 2.30. The lowest BCUT2D eigenvalue weighted by Gasteiger charge is -2.18. The lowest BCUT2D eigenvalue weighted by atomic mass is 10.2. The average molecular weight is 273 g/mol. The van der Waals surface area contributed by atoms with Crippen LogP contribution in [0.4, 0.5) is 5.69 Å². The highest BCUT2D eigenvalue weighted by Gasteiger charge is 2.14. The van der Waals surface area contributed by atoms with Crippen molar-refractivity contribution in [2.24, 2.45) is 0 Å². The van der Waals surface area contributed by atoms with Crippen LogP contribution in [0, 0.1) is 10.1 Å². The van der Waals surface area contributed by atoms with Crippen molar-refractivity contribution >= 4 is 17.3 Å². The summed E-state index contributed by atoms with van der Waals surface area (Å²) in [5, 5.41) is 14.1. The Balaban J connectivity index is 2.80. The van der Waals surface area contributed by atoms with Gasteiger partial charge in [0.25, 0.3) is 5.69 Å². The van der Waals surface area contributed by atoms with E-state index in [2.05, 4.69) is 5.32 Å². The number of nitro benzene ring substituents is 1. The van der Waals surface area contributed by atoms with Gasteiger partial charge in [0.2, 0.25) is 0 Å². The molecule has 0 aliphatic carbocycles. The summed E-state index contributed by atoms with van der Waals surface area (Å²) < 4.78 is 5.71. The second-order valence-corrected chi connectivity index (χ2v) is 4.32. The van der Waals surface area contributed by atoms with Gasteiger partial charge in [0.05, 0.1) is 22.1 Å². The number of nitro groups is 1. The standard InChI is InChI=1S/C12H17ClN2O3/c1-3-10(6-7-14-2)18-12-8-9(15(16)17)4-5-11(12)13/h4-5,8,10,14H,3,6-7H2,1-2H3. The molecule has 0 aromatic heterocycles. The van der Waals surface area contributed by atoms with Crippen LogP contribution in [0.25, 0.3) is 0 Å². The fourth-order valence-corrected chi connectivity index (χ4v) is 1.69. The van der Waals surface area contributed by atoms with Gasteiger partial charge in [-0.05, 0) is 32.5 Å². The summed E-state index contributed by atoms with van der Waals surface area (Å²) in [5.74, 6) is 0.369. The predicted molar refractivity (Wildman–Crippen MR) is 71.4 cm³/mol. The molecule has 0 saturated carbocycles. The normalized spacial score (nSPS) is 12.2. The average Bonchev–Trinajstić information content (AvgIpc) is 2.36. The Hall–Kier alpha value is -1.33. The fraction of sp³-hybridized carbons (Fsp3) is 0.500. The first-order valence-corrected chi connectivity index (χ1v) is 6.21. The number of hydrogen-bond acceptors (Lipinski definition) is 4. The van der Waals surface area contributed by atoms with E-state index in [1.54, 1.807) is 0 Å². The SMILES string of the molecule is CCC(CCNC)Oc1cc([N+](=O)[O-])ccc1Cl. The third kappa shape index (κ3) is 4.16. The maximum Gasteiger partial charge on any atom is 0.273 e. The third-order valence-electron chi connectivity index (χ3n) is 2.59. The van der Waals surface area contributed by atoms with Gasteiger partial charge in [0.1, 0.15) is 5.75 Å². The van der Waals surface area contributed by atoms with Crippen LogP contribution >= 0.6 is 11.6 Å². The van der Waals surface area contributed by atoms with Gasteiger partial charge in [-0.1, -0.05) is 18.5 Å². The predicted octanol–water partition coefficient (Wildman–Crippen LogP) is 3.02. The molecule has 0 aliphatic rings. The Kier molecular flexibility index (Phi) is 5.88. The van der Waals surface area contributed by atoms with Crippen molar-refractivity contribution in [3.63, 3.8) is 0 Å².